The van der Waals surface area contributed by atoms with Gasteiger partial charge in [0.2, 0.25) is 0 Å². The number of urea groups is 1. The van der Waals surface area contributed by atoms with Crippen LogP contribution < -0.4 is 16.4 Å². The molecule has 1 aliphatic rings. The van der Waals surface area contributed by atoms with E-state index in [1.807, 2.05) is 0 Å². The smallest absolute Gasteiger partial charge is 0.316 e. The van der Waals surface area contributed by atoms with Crippen LogP contribution in [0.2, 0.25) is 0 Å². The van der Waals surface area contributed by atoms with E-state index in [4.69, 9.17) is 5.73 Å². The first-order valence-corrected chi connectivity index (χ1v) is 6.22. The molecule has 1 atom stereocenters. The number of anilines is 1. The number of amides is 3. The highest BCUT2D eigenvalue weighted by atomic mass is 16.2. The number of benzene rings is 1. The molecule has 1 aliphatic heterocycles. The van der Waals surface area contributed by atoms with Crippen LogP contribution in [-0.4, -0.2) is 43.0 Å². The fraction of sp³-hybridized carbons (Fsp3) is 0.385. The molecule has 1 aromatic carbocycles. The van der Waals surface area contributed by atoms with Gasteiger partial charge >= 0.3 is 6.03 Å². The van der Waals surface area contributed by atoms with E-state index in [0.29, 0.717) is 11.3 Å². The number of nitrogens with one attached hydrogen (secondary N) is 2. The van der Waals surface area contributed by atoms with Gasteiger partial charge in [0.25, 0.3) is 5.91 Å². The fourth-order valence-corrected chi connectivity index (χ4v) is 2.21. The Hall–Kier alpha value is -2.08. The molecule has 1 heterocycles. The summed E-state index contributed by atoms with van der Waals surface area (Å²) in [5, 5.41) is 5.69. The van der Waals surface area contributed by atoms with E-state index in [2.05, 4.69) is 10.6 Å². The largest absolute Gasteiger partial charge is 0.351 e. The fourth-order valence-electron chi connectivity index (χ4n) is 2.21. The van der Waals surface area contributed by atoms with Crippen molar-refractivity contribution in [2.45, 2.75) is 12.5 Å². The monoisotopic (exact) mass is 262 g/mol. The second-order valence-electron chi connectivity index (χ2n) is 4.63. The summed E-state index contributed by atoms with van der Waals surface area (Å²) in [7, 11) is 1.80. The highest BCUT2D eigenvalue weighted by Gasteiger charge is 2.24. The van der Waals surface area contributed by atoms with Gasteiger partial charge in [-0.3, -0.25) is 4.79 Å². The van der Waals surface area contributed by atoms with Crippen LogP contribution in [0.25, 0.3) is 0 Å². The number of nitrogens with two attached hydrogens (primary N) is 1. The summed E-state index contributed by atoms with van der Waals surface area (Å²) < 4.78 is 0. The molecule has 0 aromatic heterocycles. The van der Waals surface area contributed by atoms with E-state index in [1.54, 1.807) is 36.2 Å². The van der Waals surface area contributed by atoms with Crippen LogP contribution in [0.3, 0.4) is 0 Å². The lowest BCUT2D eigenvalue weighted by Crippen LogP contribution is -2.38. The molecule has 0 saturated carbocycles. The number of carbonyl (C=O) groups excluding carboxylic acids is 2. The molecule has 0 bridgehead atoms. The lowest BCUT2D eigenvalue weighted by atomic mass is 10.1. The van der Waals surface area contributed by atoms with E-state index in [0.717, 1.165) is 19.5 Å². The maximum absolute atomic E-state index is 12.3. The molecule has 0 aliphatic carbocycles. The average molecular weight is 262 g/mol. The van der Waals surface area contributed by atoms with Crippen molar-refractivity contribution in [2.75, 3.05) is 25.5 Å². The van der Waals surface area contributed by atoms with E-state index < -0.39 is 6.03 Å². The van der Waals surface area contributed by atoms with Gasteiger partial charge in [-0.1, -0.05) is 6.07 Å². The molecule has 1 unspecified atom stereocenters. The van der Waals surface area contributed by atoms with Crippen LogP contribution >= 0.6 is 0 Å². The standard InChI is InChI=1S/C13H18N4O2/c1-17(11-5-6-15-8-11)12(18)9-3-2-4-10(7-9)16-13(14)19/h2-4,7,11,15H,5-6,8H2,1H3,(H3,14,16,19). The van der Waals surface area contributed by atoms with Crippen molar-refractivity contribution in [3.8, 4) is 0 Å². The minimum Gasteiger partial charge on any atom is -0.351 e. The van der Waals surface area contributed by atoms with Crippen LogP contribution in [0.1, 0.15) is 16.8 Å². The molecule has 1 aromatic rings. The normalized spacial score (nSPS) is 18.1. The number of carbonyl (C=O) groups is 2. The van der Waals surface area contributed by atoms with Gasteiger partial charge < -0.3 is 21.3 Å². The van der Waals surface area contributed by atoms with Crippen molar-refractivity contribution in [2.24, 2.45) is 5.73 Å². The quantitative estimate of drug-likeness (QED) is 0.746. The third-order valence-corrected chi connectivity index (χ3v) is 3.28. The van der Waals surface area contributed by atoms with Gasteiger partial charge in [-0.25, -0.2) is 4.79 Å². The van der Waals surface area contributed by atoms with Crippen LogP contribution in [0.4, 0.5) is 10.5 Å². The second kappa shape index (κ2) is 5.71. The van der Waals surface area contributed by atoms with Crippen molar-refractivity contribution >= 4 is 17.6 Å². The summed E-state index contributed by atoms with van der Waals surface area (Å²) >= 11 is 0. The molecule has 1 saturated heterocycles. The molecule has 1 fully saturated rings. The Balaban J connectivity index is 2.11. The van der Waals surface area contributed by atoms with Gasteiger partial charge in [-0.15, -0.1) is 0 Å². The van der Waals surface area contributed by atoms with Crippen LogP contribution in [0.15, 0.2) is 24.3 Å². The summed E-state index contributed by atoms with van der Waals surface area (Å²) in [4.78, 5) is 24.9. The van der Waals surface area contributed by atoms with Gasteiger partial charge in [0.1, 0.15) is 0 Å². The first kappa shape index (κ1) is 13.4. The summed E-state index contributed by atoms with van der Waals surface area (Å²) in [5.74, 6) is -0.0539. The number of nitrogens with zero attached hydrogens (tertiary/aromatic N) is 1. The molecule has 0 radical (unpaired) electrons. The lowest BCUT2D eigenvalue weighted by molar-refractivity contribution is 0.0744. The van der Waals surface area contributed by atoms with Crippen molar-refractivity contribution in [3.63, 3.8) is 0 Å². The summed E-state index contributed by atoms with van der Waals surface area (Å²) in [6.07, 6.45) is 0.960. The van der Waals surface area contributed by atoms with Crippen molar-refractivity contribution in [3.05, 3.63) is 29.8 Å². The van der Waals surface area contributed by atoms with Gasteiger partial charge in [0, 0.05) is 30.9 Å². The lowest BCUT2D eigenvalue weighted by Gasteiger charge is -2.24. The molecule has 4 N–H and O–H groups in total. The molecule has 0 spiro atoms. The average Bonchev–Trinajstić information content (AvgIpc) is 2.90. The van der Waals surface area contributed by atoms with Crippen molar-refractivity contribution in [1.82, 2.24) is 10.2 Å². The molecule has 19 heavy (non-hydrogen) atoms. The van der Waals surface area contributed by atoms with Gasteiger partial charge in [-0.05, 0) is 31.2 Å². The molecule has 3 amide bonds. The predicted molar refractivity (Wildman–Crippen MR) is 73.0 cm³/mol. The molecule has 102 valence electrons. The molecular weight excluding hydrogens is 244 g/mol. The van der Waals surface area contributed by atoms with Crippen LogP contribution in [-0.2, 0) is 0 Å². The SMILES string of the molecule is CN(C(=O)c1cccc(NC(N)=O)c1)C1CCNC1. The Morgan fingerprint density at radius 3 is 2.89 bits per heavy atom. The Morgan fingerprint density at radius 1 is 1.47 bits per heavy atom. The number of hydrogen-bond donors (Lipinski definition) is 3. The van der Waals surface area contributed by atoms with Crippen LogP contribution in [0.5, 0.6) is 0 Å². The van der Waals surface area contributed by atoms with Crippen LogP contribution in [0, 0.1) is 0 Å². The Morgan fingerprint density at radius 2 is 2.26 bits per heavy atom. The van der Waals surface area contributed by atoms with E-state index >= 15 is 0 Å². The molecule has 6 nitrogen and oxygen atoms in total. The minimum absolute atomic E-state index is 0.0539. The minimum atomic E-state index is -0.641. The first-order valence-electron chi connectivity index (χ1n) is 6.22. The molecular formula is C13H18N4O2. The second-order valence-corrected chi connectivity index (χ2v) is 4.63. The number of rotatable bonds is 3. The number of likely N-dealkylation sites (N-methyl/N-ethyl adjacent to an activating group) is 1. The van der Waals surface area contributed by atoms with E-state index in [9.17, 15) is 9.59 Å². The zero-order valence-corrected chi connectivity index (χ0v) is 10.8. The predicted octanol–water partition coefficient (Wildman–Crippen LogP) is 0.611. The van der Waals surface area contributed by atoms with Crippen molar-refractivity contribution < 1.29 is 9.59 Å². The van der Waals surface area contributed by atoms with Gasteiger partial charge in [0.05, 0.1) is 0 Å². The van der Waals surface area contributed by atoms with E-state index in [-0.39, 0.29) is 11.9 Å². The molecule has 2 rings (SSSR count). The Labute approximate surface area is 112 Å². The first-order chi connectivity index (χ1) is 9.08. The zero-order valence-electron chi connectivity index (χ0n) is 10.8. The summed E-state index contributed by atoms with van der Waals surface area (Å²) in [5.41, 5.74) is 6.12. The Bertz CT molecular complexity index is 483. The third kappa shape index (κ3) is 3.23. The highest BCUT2D eigenvalue weighted by molar-refractivity contribution is 5.96. The van der Waals surface area contributed by atoms with Gasteiger partial charge in [-0.2, -0.15) is 0 Å². The summed E-state index contributed by atoms with van der Waals surface area (Å²) in [6.45, 7) is 1.76. The summed E-state index contributed by atoms with van der Waals surface area (Å²) in [6, 6.07) is 6.36. The Kier molecular flexibility index (Phi) is 4.01. The van der Waals surface area contributed by atoms with E-state index in [1.165, 1.54) is 0 Å². The topological polar surface area (TPSA) is 87.5 Å². The zero-order chi connectivity index (χ0) is 13.8. The number of hydrogen-bond acceptors (Lipinski definition) is 3. The highest BCUT2D eigenvalue weighted by Crippen LogP contribution is 2.15. The number of primary amides is 1. The molecule has 6 heteroatoms. The maximum Gasteiger partial charge on any atom is 0.316 e. The van der Waals surface area contributed by atoms with Gasteiger partial charge in [0.15, 0.2) is 0 Å². The van der Waals surface area contributed by atoms with Crippen molar-refractivity contribution in [1.29, 1.82) is 0 Å². The maximum atomic E-state index is 12.3. The third-order valence-electron chi connectivity index (χ3n) is 3.28.